The second kappa shape index (κ2) is 10.3. The average molecular weight is 540 g/mol. The molecule has 2 aromatic rings. The average Bonchev–Trinajstić information content (AvgIpc) is 2.76. The van der Waals surface area contributed by atoms with Gasteiger partial charge in [0, 0.05) is 25.0 Å². The standard InChI is InChI=1S/C21H20ClF6N5O3/c1-10(14-15(30-6-5-29-14)17(35)32-33(4)18(36)19(2,3)22)31-16(34)11-7-12(20(23,24)25)9-13(8-11)21(26,27)28/h5-10H,1-4H3,(H,31,34)(H,32,35). The van der Waals surface area contributed by atoms with Crippen molar-refractivity contribution in [1.29, 1.82) is 0 Å². The minimum atomic E-state index is -5.14. The van der Waals surface area contributed by atoms with Crippen LogP contribution in [0.2, 0.25) is 0 Å². The van der Waals surface area contributed by atoms with Crippen molar-refractivity contribution in [2.45, 2.75) is 44.0 Å². The highest BCUT2D eigenvalue weighted by Gasteiger charge is 2.38. The predicted octanol–water partition coefficient (Wildman–Crippen LogP) is 4.13. The zero-order valence-electron chi connectivity index (χ0n) is 19.2. The van der Waals surface area contributed by atoms with Crippen molar-refractivity contribution in [1.82, 2.24) is 25.7 Å². The molecule has 15 heteroatoms. The van der Waals surface area contributed by atoms with Crippen LogP contribution in [0.15, 0.2) is 30.6 Å². The van der Waals surface area contributed by atoms with Gasteiger partial charge in [0.05, 0.1) is 22.9 Å². The van der Waals surface area contributed by atoms with Crippen LogP contribution in [0.4, 0.5) is 26.3 Å². The molecule has 2 rings (SSSR count). The van der Waals surface area contributed by atoms with E-state index in [4.69, 9.17) is 11.6 Å². The van der Waals surface area contributed by atoms with Crippen molar-refractivity contribution in [3.05, 3.63) is 58.7 Å². The summed E-state index contributed by atoms with van der Waals surface area (Å²) in [4.78, 5) is 43.9. The minimum absolute atomic E-state index is 0.106. The van der Waals surface area contributed by atoms with Crippen LogP contribution in [-0.4, -0.2) is 44.6 Å². The Kier molecular flexibility index (Phi) is 8.23. The predicted molar refractivity (Wildman–Crippen MR) is 115 cm³/mol. The summed E-state index contributed by atoms with van der Waals surface area (Å²) < 4.78 is 78.6. The molecular weight excluding hydrogens is 520 g/mol. The van der Waals surface area contributed by atoms with Gasteiger partial charge in [0.25, 0.3) is 17.7 Å². The fraction of sp³-hybridized carbons (Fsp3) is 0.381. The lowest BCUT2D eigenvalue weighted by Crippen LogP contribution is -2.50. The first kappa shape index (κ1) is 28.8. The number of hydrazine groups is 1. The van der Waals surface area contributed by atoms with Crippen LogP contribution in [0.1, 0.15) is 64.5 Å². The molecule has 8 nitrogen and oxygen atoms in total. The Hall–Kier alpha value is -3.42. The summed E-state index contributed by atoms with van der Waals surface area (Å²) in [6.45, 7) is 4.07. The molecule has 0 saturated heterocycles. The minimum Gasteiger partial charge on any atom is -0.344 e. The number of nitrogens with one attached hydrogen (secondary N) is 2. The maximum Gasteiger partial charge on any atom is 0.416 e. The number of aromatic nitrogens is 2. The number of amides is 3. The van der Waals surface area contributed by atoms with E-state index in [9.17, 15) is 40.7 Å². The topological polar surface area (TPSA) is 104 Å². The van der Waals surface area contributed by atoms with Crippen LogP contribution >= 0.6 is 11.6 Å². The van der Waals surface area contributed by atoms with E-state index in [1.807, 2.05) is 0 Å². The van der Waals surface area contributed by atoms with Gasteiger partial charge in [0.1, 0.15) is 4.87 Å². The summed E-state index contributed by atoms with van der Waals surface area (Å²) in [6.07, 6.45) is -8.00. The Morgan fingerprint density at radius 3 is 1.89 bits per heavy atom. The molecule has 0 aliphatic carbocycles. The molecule has 1 unspecified atom stereocenters. The van der Waals surface area contributed by atoms with Gasteiger partial charge in [-0.1, -0.05) is 0 Å². The molecule has 1 aromatic heterocycles. The molecule has 0 bridgehead atoms. The molecule has 196 valence electrons. The number of nitrogens with zero attached hydrogens (tertiary/aromatic N) is 3. The van der Waals surface area contributed by atoms with Gasteiger partial charge in [-0.05, 0) is 39.0 Å². The first-order valence-corrected chi connectivity index (χ1v) is 10.4. The molecule has 1 atom stereocenters. The number of hydrogen-bond donors (Lipinski definition) is 2. The van der Waals surface area contributed by atoms with Crippen LogP contribution in [0, 0.1) is 0 Å². The quantitative estimate of drug-likeness (QED) is 0.338. The summed E-state index contributed by atoms with van der Waals surface area (Å²) in [6, 6.07) is -0.751. The van der Waals surface area contributed by atoms with Crippen molar-refractivity contribution >= 4 is 29.3 Å². The maximum atomic E-state index is 13.1. The van der Waals surface area contributed by atoms with Crippen molar-refractivity contribution < 1.29 is 40.7 Å². The number of carbonyl (C=O) groups is 3. The molecule has 1 heterocycles. The molecule has 36 heavy (non-hydrogen) atoms. The Morgan fingerprint density at radius 2 is 1.42 bits per heavy atom. The fourth-order valence-corrected chi connectivity index (χ4v) is 3.06. The number of rotatable bonds is 5. The smallest absolute Gasteiger partial charge is 0.344 e. The first-order chi connectivity index (χ1) is 16.3. The van der Waals surface area contributed by atoms with Gasteiger partial charge in [-0.15, -0.1) is 11.6 Å². The van der Waals surface area contributed by atoms with E-state index >= 15 is 0 Å². The van der Waals surface area contributed by atoms with E-state index in [0.29, 0.717) is 0 Å². The molecule has 0 spiro atoms. The van der Waals surface area contributed by atoms with Gasteiger partial charge in [-0.3, -0.25) is 29.8 Å². The number of carbonyl (C=O) groups excluding carboxylic acids is 3. The largest absolute Gasteiger partial charge is 0.416 e. The third-order valence-electron chi connectivity index (χ3n) is 4.63. The van der Waals surface area contributed by atoms with Crippen LogP contribution in [0.25, 0.3) is 0 Å². The Balaban J connectivity index is 2.33. The summed E-state index contributed by atoms with van der Waals surface area (Å²) in [7, 11) is 1.22. The highest BCUT2D eigenvalue weighted by atomic mass is 35.5. The van der Waals surface area contributed by atoms with E-state index in [1.54, 1.807) is 0 Å². The van der Waals surface area contributed by atoms with Crippen molar-refractivity contribution in [2.24, 2.45) is 0 Å². The molecule has 0 radical (unpaired) electrons. The van der Waals surface area contributed by atoms with E-state index in [0.717, 1.165) is 17.4 Å². The van der Waals surface area contributed by atoms with Crippen LogP contribution in [-0.2, 0) is 17.1 Å². The molecule has 1 aromatic carbocycles. The highest BCUT2D eigenvalue weighted by molar-refractivity contribution is 6.34. The molecule has 0 fully saturated rings. The third-order valence-corrected chi connectivity index (χ3v) is 4.79. The number of benzene rings is 1. The molecular formula is C21H20ClF6N5O3. The van der Waals surface area contributed by atoms with Crippen LogP contribution in [0.3, 0.4) is 0 Å². The molecule has 0 saturated carbocycles. The summed E-state index contributed by atoms with van der Waals surface area (Å²) >= 11 is 5.92. The van der Waals surface area contributed by atoms with Gasteiger partial charge in [0.2, 0.25) is 0 Å². The first-order valence-electron chi connectivity index (χ1n) is 10.0. The van der Waals surface area contributed by atoms with Gasteiger partial charge >= 0.3 is 12.4 Å². The Morgan fingerprint density at radius 1 is 0.917 bits per heavy atom. The van der Waals surface area contributed by atoms with E-state index in [1.165, 1.54) is 27.8 Å². The SMILES string of the molecule is CC(NC(=O)c1cc(C(F)(F)F)cc(C(F)(F)F)c1)c1nccnc1C(=O)NN(C)C(=O)C(C)(C)Cl. The van der Waals surface area contributed by atoms with Crippen molar-refractivity contribution in [3.8, 4) is 0 Å². The zero-order chi connectivity index (χ0) is 27.6. The van der Waals surface area contributed by atoms with Gasteiger partial charge in [0.15, 0.2) is 5.69 Å². The Labute approximate surface area is 206 Å². The number of hydrogen-bond acceptors (Lipinski definition) is 5. The van der Waals surface area contributed by atoms with Gasteiger partial charge < -0.3 is 5.32 Å². The second-order valence-corrected chi connectivity index (χ2v) is 9.00. The summed E-state index contributed by atoms with van der Waals surface area (Å²) in [5, 5.41) is 3.01. The van der Waals surface area contributed by atoms with E-state index in [-0.39, 0.29) is 29.6 Å². The van der Waals surface area contributed by atoms with E-state index in [2.05, 4.69) is 20.7 Å². The number of halogens is 7. The van der Waals surface area contributed by atoms with Crippen molar-refractivity contribution in [3.63, 3.8) is 0 Å². The van der Waals surface area contributed by atoms with E-state index < -0.39 is 57.7 Å². The number of alkyl halides is 7. The Bertz CT molecular complexity index is 1130. The monoisotopic (exact) mass is 539 g/mol. The van der Waals surface area contributed by atoms with Gasteiger partial charge in [-0.25, -0.2) is 4.98 Å². The van der Waals surface area contributed by atoms with Gasteiger partial charge in [-0.2, -0.15) is 26.3 Å². The van der Waals surface area contributed by atoms with Crippen molar-refractivity contribution in [2.75, 3.05) is 7.05 Å². The highest BCUT2D eigenvalue weighted by Crippen LogP contribution is 2.36. The maximum absolute atomic E-state index is 13.1. The van der Waals surface area contributed by atoms with Crippen LogP contribution in [0.5, 0.6) is 0 Å². The molecule has 3 amide bonds. The molecule has 2 N–H and O–H groups in total. The second-order valence-electron chi connectivity index (χ2n) is 8.06. The lowest BCUT2D eigenvalue weighted by atomic mass is 10.0. The fourth-order valence-electron chi connectivity index (χ4n) is 2.93. The molecule has 0 aliphatic rings. The lowest BCUT2D eigenvalue weighted by Gasteiger charge is -2.25. The lowest BCUT2D eigenvalue weighted by molar-refractivity contribution is -0.143. The molecule has 0 aliphatic heterocycles. The summed E-state index contributed by atoms with van der Waals surface area (Å²) in [5.41, 5.74) is -2.54. The third kappa shape index (κ3) is 7.06. The zero-order valence-corrected chi connectivity index (χ0v) is 19.9. The van der Waals surface area contributed by atoms with Crippen LogP contribution < -0.4 is 10.7 Å². The normalized spacial score (nSPS) is 13.1. The summed E-state index contributed by atoms with van der Waals surface area (Å²) in [5.74, 6) is -2.89.